The van der Waals surface area contributed by atoms with Gasteiger partial charge in [-0.1, -0.05) is 19.1 Å². The third kappa shape index (κ3) is 6.39. The van der Waals surface area contributed by atoms with Crippen LogP contribution >= 0.6 is 0 Å². The number of alkyl halides is 2. The van der Waals surface area contributed by atoms with E-state index in [2.05, 4.69) is 14.8 Å². The predicted molar refractivity (Wildman–Crippen MR) is 240 cm³/mol. The minimum atomic E-state index is -2.99. The Bertz CT molecular complexity index is 2520. The summed E-state index contributed by atoms with van der Waals surface area (Å²) in [7, 11) is 5.84. The molecule has 5 aliphatic heterocycles. The van der Waals surface area contributed by atoms with Crippen molar-refractivity contribution < 1.29 is 56.7 Å². The van der Waals surface area contributed by atoms with Crippen molar-refractivity contribution in [3.8, 4) is 5.75 Å². The van der Waals surface area contributed by atoms with Gasteiger partial charge in [-0.2, -0.15) is 0 Å². The number of anilines is 1. The van der Waals surface area contributed by atoms with Crippen molar-refractivity contribution in [1.82, 2.24) is 14.8 Å². The number of carbonyl (C=O) groups excluding carboxylic acids is 4. The van der Waals surface area contributed by atoms with Crippen LogP contribution in [-0.2, 0) is 50.6 Å². The van der Waals surface area contributed by atoms with Crippen molar-refractivity contribution in [3.05, 3.63) is 70.4 Å². The van der Waals surface area contributed by atoms with Gasteiger partial charge in [-0.05, 0) is 101 Å². The minimum absolute atomic E-state index is 0.0596. The van der Waals surface area contributed by atoms with Crippen molar-refractivity contribution in [2.24, 2.45) is 17.3 Å². The molecule has 66 heavy (non-hydrogen) atoms. The maximum absolute atomic E-state index is 15.5. The maximum atomic E-state index is 15.5. The predicted octanol–water partition coefficient (Wildman–Crippen LogP) is 5.69. The number of nitrogens with one attached hydrogen (secondary N) is 1. The fourth-order valence-electron chi connectivity index (χ4n) is 13.9. The molecule has 2 saturated heterocycles. The fraction of sp³-hybridized carbons (Fsp3) is 0.600. The Hall–Kier alpha value is -5.06. The van der Waals surface area contributed by atoms with E-state index in [0.29, 0.717) is 84.6 Å². The third-order valence-electron chi connectivity index (χ3n) is 16.2. The van der Waals surface area contributed by atoms with Crippen LogP contribution in [-0.4, -0.2) is 141 Å². The molecule has 3 fully saturated rings. The van der Waals surface area contributed by atoms with E-state index in [9.17, 15) is 19.5 Å². The first-order valence-electron chi connectivity index (χ1n) is 23.2. The van der Waals surface area contributed by atoms with Crippen LogP contribution in [0, 0.1) is 17.3 Å². The molecule has 1 spiro atoms. The molecule has 1 aromatic heterocycles. The van der Waals surface area contributed by atoms with Crippen LogP contribution in [0.4, 0.5) is 14.5 Å². The first kappa shape index (κ1) is 46.1. The Morgan fingerprint density at radius 1 is 1.00 bits per heavy atom. The highest BCUT2D eigenvalue weighted by Crippen LogP contribution is 2.68. The van der Waals surface area contributed by atoms with Gasteiger partial charge in [-0.25, -0.2) is 18.4 Å². The van der Waals surface area contributed by atoms with Crippen molar-refractivity contribution in [1.29, 1.82) is 0 Å². The van der Waals surface area contributed by atoms with Crippen molar-refractivity contribution in [3.63, 3.8) is 0 Å². The van der Waals surface area contributed by atoms with Crippen LogP contribution in [0.1, 0.15) is 93.0 Å². The Morgan fingerprint density at radius 2 is 1.74 bits per heavy atom. The number of likely N-dealkylation sites (N-methyl/N-ethyl adjacent to an activating group) is 1. The zero-order valence-electron chi connectivity index (χ0n) is 39.3. The molecule has 0 amide bonds. The van der Waals surface area contributed by atoms with Gasteiger partial charge in [0.15, 0.2) is 6.10 Å². The van der Waals surface area contributed by atoms with E-state index in [0.717, 1.165) is 18.1 Å². The molecule has 10 atom stereocenters. The zero-order chi connectivity index (χ0) is 47.5. The normalized spacial score (nSPS) is 33.4. The van der Waals surface area contributed by atoms with Gasteiger partial charge in [-0.15, -0.1) is 0 Å². The lowest BCUT2D eigenvalue weighted by Gasteiger charge is -2.63. The molecule has 2 bridgehead atoms. The van der Waals surface area contributed by atoms with Crippen LogP contribution in [0.2, 0.25) is 0 Å². The summed E-state index contributed by atoms with van der Waals surface area (Å²) in [5, 5.41) is 14.1. The first-order chi connectivity index (χ1) is 31.3. The molecule has 1 unspecified atom stereocenters. The number of fused-ring (bicyclic) bond motifs is 6. The number of benzene rings is 2. The molecule has 6 aliphatic rings. The van der Waals surface area contributed by atoms with Gasteiger partial charge in [-0.3, -0.25) is 14.5 Å². The van der Waals surface area contributed by atoms with E-state index in [1.54, 1.807) is 39.1 Å². The Labute approximate surface area is 383 Å². The summed E-state index contributed by atoms with van der Waals surface area (Å²) < 4.78 is 60.5. The van der Waals surface area contributed by atoms with Crippen molar-refractivity contribution >= 4 is 40.5 Å². The summed E-state index contributed by atoms with van der Waals surface area (Å²) in [5.41, 5.74) is -2.18. The molecule has 0 radical (unpaired) electrons. The number of H-pyrrole nitrogens is 1. The number of carbonyl (C=O) groups is 4. The maximum Gasteiger partial charge on any atom is 0.344 e. The number of nitrogens with zero attached hydrogens (tertiary/aromatic N) is 3. The van der Waals surface area contributed by atoms with E-state index < -0.39 is 81.7 Å². The number of esters is 4. The minimum Gasteiger partial charge on any atom is -0.496 e. The summed E-state index contributed by atoms with van der Waals surface area (Å²) in [5.74, 6) is -6.83. The Morgan fingerprint density at radius 3 is 2.39 bits per heavy atom. The standard InChI is InChI=1S/C50H62F2N4O10/c1-10-47-15-11-17-56-19-16-48(41(47)56)34-22-35(38(62-7)23-37(34)54(6)42(48)50(61,45(60)64-9)43(47)66-28(4)57)49(44(59)63-8)24-29-20-31(46(5,51)52)26-55(25-29)18-14-32-33-21-30(40(58)65-27(2)3)12-13-36(33)53-39(32)49/h11-13,15,21-23,27,29,31,41-43,53,61H,10,14,16-20,24-26H2,1-9H3/t29-,31-,41+,42-,43-,47-,48-,49+,50+/m1/s1. The zero-order valence-corrected chi connectivity index (χ0v) is 39.3. The monoisotopic (exact) mass is 916 g/mol. The van der Waals surface area contributed by atoms with Gasteiger partial charge in [0.25, 0.3) is 0 Å². The average molecular weight is 917 g/mol. The summed E-state index contributed by atoms with van der Waals surface area (Å²) in [6.45, 7) is 9.93. The largest absolute Gasteiger partial charge is 0.496 e. The third-order valence-corrected chi connectivity index (χ3v) is 16.2. The van der Waals surface area contributed by atoms with Gasteiger partial charge in [0.2, 0.25) is 11.5 Å². The smallest absolute Gasteiger partial charge is 0.344 e. The first-order valence-corrected chi connectivity index (χ1v) is 23.2. The molecule has 14 nitrogen and oxygen atoms in total. The Balaban J connectivity index is 1.35. The number of aromatic amines is 1. The number of halogens is 2. The van der Waals surface area contributed by atoms with Gasteiger partial charge in [0.1, 0.15) is 11.2 Å². The number of ether oxygens (including phenoxy) is 5. The molecular weight excluding hydrogens is 855 g/mol. The van der Waals surface area contributed by atoms with E-state index in [1.165, 1.54) is 28.3 Å². The number of aliphatic hydroxyl groups is 1. The number of piperidine rings is 1. The van der Waals surface area contributed by atoms with E-state index in [-0.39, 0.29) is 25.5 Å². The highest BCUT2D eigenvalue weighted by atomic mass is 19.3. The van der Waals surface area contributed by atoms with Gasteiger partial charge in [0, 0.05) is 96.9 Å². The molecule has 6 heterocycles. The second kappa shape index (κ2) is 16.0. The lowest BCUT2D eigenvalue weighted by Crippen LogP contribution is -2.81. The van der Waals surface area contributed by atoms with Crippen LogP contribution in [0.5, 0.6) is 5.75 Å². The van der Waals surface area contributed by atoms with Crippen LogP contribution in [0.25, 0.3) is 10.9 Å². The van der Waals surface area contributed by atoms with E-state index >= 15 is 13.6 Å². The number of hydrogen-bond acceptors (Lipinski definition) is 13. The number of aromatic nitrogens is 1. The molecular formula is C50H62F2N4O10. The summed E-state index contributed by atoms with van der Waals surface area (Å²) >= 11 is 0. The molecule has 1 aliphatic carbocycles. The van der Waals surface area contributed by atoms with Crippen LogP contribution in [0.15, 0.2) is 42.5 Å². The number of methoxy groups -OCH3 is 3. The molecule has 356 valence electrons. The lowest BCUT2D eigenvalue weighted by atomic mass is 9.47. The molecule has 16 heteroatoms. The number of rotatable bonds is 9. The van der Waals surface area contributed by atoms with E-state index in [4.69, 9.17) is 23.7 Å². The molecule has 9 rings (SSSR count). The average Bonchev–Trinajstić information content (AvgIpc) is 3.94. The SMILES string of the molecule is CC[C@]12C=CCN3CC[C@@]4(c5cc([C@@]6(C(=O)OC)C[C@H]7C[C@@H](C(C)(F)F)CN(CCc8c6[nH]c6ccc(C(=O)OC(C)C)cc86)C7)c(OC)cc5N(C)[C@H]4[C@@](O)(C(=O)OC)[C@@H]1OC(C)=O)[C@@H]32. The summed E-state index contributed by atoms with van der Waals surface area (Å²) in [6, 6.07) is 7.61. The van der Waals surface area contributed by atoms with Gasteiger partial charge >= 0.3 is 23.9 Å². The highest BCUT2D eigenvalue weighted by molar-refractivity contribution is 5.99. The second-order valence-electron chi connectivity index (χ2n) is 20.0. The topological polar surface area (TPSA) is 160 Å². The summed E-state index contributed by atoms with van der Waals surface area (Å²) in [6.07, 6.45) is 3.70. The van der Waals surface area contributed by atoms with Crippen molar-refractivity contribution in [2.75, 3.05) is 66.0 Å². The van der Waals surface area contributed by atoms with Crippen LogP contribution < -0.4 is 9.64 Å². The molecule has 2 N–H and O–H groups in total. The highest BCUT2D eigenvalue weighted by Gasteiger charge is 2.80. The molecule has 1 saturated carbocycles. The number of hydrogen-bond donors (Lipinski definition) is 2. The fourth-order valence-corrected chi connectivity index (χ4v) is 13.9. The Kier molecular flexibility index (Phi) is 11.2. The van der Waals surface area contributed by atoms with E-state index in [1.807, 2.05) is 36.1 Å². The quantitative estimate of drug-likeness (QED) is 0.153. The van der Waals surface area contributed by atoms with Gasteiger partial charge in [0.05, 0.1) is 39.0 Å². The molecule has 3 aromatic rings. The molecule has 2 aromatic carbocycles. The second-order valence-corrected chi connectivity index (χ2v) is 20.0. The lowest BCUT2D eigenvalue weighted by molar-refractivity contribution is -0.228. The van der Waals surface area contributed by atoms with Crippen molar-refractivity contribution in [2.45, 2.75) is 113 Å². The van der Waals surface area contributed by atoms with Crippen LogP contribution in [0.3, 0.4) is 0 Å². The van der Waals surface area contributed by atoms with Gasteiger partial charge < -0.3 is 43.6 Å². The summed E-state index contributed by atoms with van der Waals surface area (Å²) in [4.78, 5) is 66.3.